The van der Waals surface area contributed by atoms with Gasteiger partial charge in [0.1, 0.15) is 0 Å². The first-order chi connectivity index (χ1) is 7.50. The first kappa shape index (κ1) is 13.1. The minimum Gasteiger partial charge on any atom is -0.329 e. The molecule has 1 aromatic heterocycles. The number of hydrogen-bond acceptors (Lipinski definition) is 3. The van der Waals surface area contributed by atoms with Crippen molar-refractivity contribution in [2.45, 2.75) is 32.9 Å². The summed E-state index contributed by atoms with van der Waals surface area (Å²) < 4.78 is 0. The van der Waals surface area contributed by atoms with Gasteiger partial charge in [0.15, 0.2) is 0 Å². The van der Waals surface area contributed by atoms with Gasteiger partial charge in [-0.3, -0.25) is 9.88 Å². The monoisotopic (exact) mass is 221 g/mol. The summed E-state index contributed by atoms with van der Waals surface area (Å²) in [6.45, 7) is 8.24. The van der Waals surface area contributed by atoms with Crippen LogP contribution in [0.2, 0.25) is 0 Å². The number of hydrogen-bond donors (Lipinski definition) is 1. The summed E-state index contributed by atoms with van der Waals surface area (Å²) in [5.41, 5.74) is 7.23. The van der Waals surface area contributed by atoms with Crippen LogP contribution in [0.3, 0.4) is 0 Å². The molecule has 0 aliphatic heterocycles. The van der Waals surface area contributed by atoms with Crippen molar-refractivity contribution in [3.8, 4) is 0 Å². The van der Waals surface area contributed by atoms with Gasteiger partial charge < -0.3 is 5.73 Å². The molecule has 1 unspecified atom stereocenters. The Labute approximate surface area is 98.7 Å². The molecule has 90 valence electrons. The second kappa shape index (κ2) is 5.41. The molecule has 0 fully saturated rings. The minimum absolute atomic E-state index is 0.0449. The molecule has 0 saturated heterocycles. The Kier molecular flexibility index (Phi) is 4.44. The van der Waals surface area contributed by atoms with Gasteiger partial charge in [-0.15, -0.1) is 0 Å². The predicted molar refractivity (Wildman–Crippen MR) is 68.0 cm³/mol. The molecule has 3 nitrogen and oxygen atoms in total. The third-order valence-corrected chi connectivity index (χ3v) is 3.70. The number of rotatable bonds is 5. The Hall–Kier alpha value is -0.930. The normalized spacial score (nSPS) is 15.4. The highest BCUT2D eigenvalue weighted by Gasteiger charge is 2.31. The highest BCUT2D eigenvalue weighted by atomic mass is 15.2. The second-order valence-corrected chi connectivity index (χ2v) is 4.93. The zero-order valence-corrected chi connectivity index (χ0v) is 10.8. The van der Waals surface area contributed by atoms with E-state index in [4.69, 9.17) is 5.73 Å². The largest absolute Gasteiger partial charge is 0.329 e. The Morgan fingerprint density at radius 2 is 1.94 bits per heavy atom. The lowest BCUT2D eigenvalue weighted by atomic mass is 9.86. The molecule has 3 heteroatoms. The fraction of sp³-hybridized carbons (Fsp3) is 0.615. The lowest BCUT2D eigenvalue weighted by Gasteiger charge is -2.41. The van der Waals surface area contributed by atoms with Gasteiger partial charge in [-0.1, -0.05) is 13.8 Å². The number of nitrogens with zero attached hydrogens (tertiary/aromatic N) is 2. The molecule has 0 amide bonds. The van der Waals surface area contributed by atoms with Crippen LogP contribution in [0.1, 0.15) is 26.3 Å². The summed E-state index contributed by atoms with van der Waals surface area (Å²) in [6.07, 6.45) is 3.66. The molecule has 0 saturated carbocycles. The standard InChI is InChI=1S/C13H23N3/c1-11(2)13(3,10-14)16(4)9-12-5-7-15-8-6-12/h5-8,11H,9-10,14H2,1-4H3. The molecule has 0 bridgehead atoms. The maximum atomic E-state index is 5.91. The Morgan fingerprint density at radius 3 is 2.38 bits per heavy atom. The van der Waals surface area contributed by atoms with Gasteiger partial charge in [0.2, 0.25) is 0 Å². The summed E-state index contributed by atoms with van der Waals surface area (Å²) in [5, 5.41) is 0. The maximum Gasteiger partial charge on any atom is 0.0326 e. The van der Waals surface area contributed by atoms with Crippen molar-refractivity contribution < 1.29 is 0 Å². The topological polar surface area (TPSA) is 42.1 Å². The van der Waals surface area contributed by atoms with Crippen LogP contribution in [-0.4, -0.2) is 29.0 Å². The van der Waals surface area contributed by atoms with E-state index in [-0.39, 0.29) is 5.54 Å². The lowest BCUT2D eigenvalue weighted by molar-refractivity contribution is 0.0877. The van der Waals surface area contributed by atoms with Gasteiger partial charge in [0, 0.05) is 31.0 Å². The molecule has 0 radical (unpaired) electrons. The van der Waals surface area contributed by atoms with Crippen molar-refractivity contribution in [1.29, 1.82) is 0 Å². The van der Waals surface area contributed by atoms with E-state index in [1.165, 1.54) is 5.56 Å². The van der Waals surface area contributed by atoms with Crippen LogP contribution >= 0.6 is 0 Å². The minimum atomic E-state index is 0.0449. The first-order valence-corrected chi connectivity index (χ1v) is 5.81. The molecule has 1 heterocycles. The van der Waals surface area contributed by atoms with Crippen molar-refractivity contribution in [2.75, 3.05) is 13.6 Å². The van der Waals surface area contributed by atoms with Crippen LogP contribution in [0.15, 0.2) is 24.5 Å². The van der Waals surface area contributed by atoms with Crippen molar-refractivity contribution in [3.63, 3.8) is 0 Å². The summed E-state index contributed by atoms with van der Waals surface area (Å²) in [4.78, 5) is 6.35. The Balaban J connectivity index is 2.74. The number of nitrogens with two attached hydrogens (primary N) is 1. The SMILES string of the molecule is CC(C)C(C)(CN)N(C)Cc1ccncc1. The quantitative estimate of drug-likeness (QED) is 0.825. The van der Waals surface area contributed by atoms with E-state index in [1.807, 2.05) is 24.5 Å². The van der Waals surface area contributed by atoms with Gasteiger partial charge in [0.05, 0.1) is 0 Å². The van der Waals surface area contributed by atoms with E-state index < -0.39 is 0 Å². The van der Waals surface area contributed by atoms with Gasteiger partial charge in [-0.2, -0.15) is 0 Å². The number of aromatic nitrogens is 1. The third-order valence-electron chi connectivity index (χ3n) is 3.70. The highest BCUT2D eigenvalue weighted by Crippen LogP contribution is 2.23. The fourth-order valence-corrected chi connectivity index (χ4v) is 1.77. The van der Waals surface area contributed by atoms with Crippen LogP contribution in [0.5, 0.6) is 0 Å². The highest BCUT2D eigenvalue weighted by molar-refractivity contribution is 5.10. The molecule has 0 aromatic carbocycles. The van der Waals surface area contributed by atoms with Crippen molar-refractivity contribution >= 4 is 0 Å². The van der Waals surface area contributed by atoms with Gasteiger partial charge in [0.25, 0.3) is 0 Å². The third kappa shape index (κ3) is 2.80. The number of pyridine rings is 1. The summed E-state index contributed by atoms with van der Waals surface area (Å²) in [5.74, 6) is 0.532. The van der Waals surface area contributed by atoms with Crippen LogP contribution in [0, 0.1) is 5.92 Å². The smallest absolute Gasteiger partial charge is 0.0326 e. The predicted octanol–water partition coefficient (Wildman–Crippen LogP) is 1.89. The Bertz CT molecular complexity index is 310. The first-order valence-electron chi connectivity index (χ1n) is 5.81. The van der Waals surface area contributed by atoms with E-state index in [9.17, 15) is 0 Å². The van der Waals surface area contributed by atoms with Crippen LogP contribution < -0.4 is 5.73 Å². The number of likely N-dealkylation sites (N-methyl/N-ethyl adjacent to an activating group) is 1. The summed E-state index contributed by atoms with van der Waals surface area (Å²) in [7, 11) is 2.13. The lowest BCUT2D eigenvalue weighted by Crippen LogP contribution is -2.53. The van der Waals surface area contributed by atoms with E-state index in [0.717, 1.165) is 6.54 Å². The van der Waals surface area contributed by atoms with Gasteiger partial charge in [-0.05, 0) is 37.6 Å². The average Bonchev–Trinajstić information content (AvgIpc) is 2.28. The molecular formula is C13H23N3. The van der Waals surface area contributed by atoms with Crippen molar-refractivity contribution in [1.82, 2.24) is 9.88 Å². The molecule has 16 heavy (non-hydrogen) atoms. The van der Waals surface area contributed by atoms with Crippen LogP contribution in [0.25, 0.3) is 0 Å². The van der Waals surface area contributed by atoms with E-state index >= 15 is 0 Å². The summed E-state index contributed by atoms with van der Waals surface area (Å²) in [6, 6.07) is 4.10. The van der Waals surface area contributed by atoms with E-state index in [0.29, 0.717) is 12.5 Å². The Morgan fingerprint density at radius 1 is 1.38 bits per heavy atom. The van der Waals surface area contributed by atoms with Gasteiger partial charge in [-0.25, -0.2) is 0 Å². The van der Waals surface area contributed by atoms with Crippen molar-refractivity contribution in [3.05, 3.63) is 30.1 Å². The molecule has 2 N–H and O–H groups in total. The zero-order chi connectivity index (χ0) is 12.2. The molecule has 1 rings (SSSR count). The summed E-state index contributed by atoms with van der Waals surface area (Å²) >= 11 is 0. The molecule has 0 spiro atoms. The van der Waals surface area contributed by atoms with Crippen LogP contribution in [-0.2, 0) is 6.54 Å². The molecule has 0 aliphatic carbocycles. The molecular weight excluding hydrogens is 198 g/mol. The molecule has 1 aromatic rings. The molecule has 0 aliphatic rings. The second-order valence-electron chi connectivity index (χ2n) is 4.93. The fourth-order valence-electron chi connectivity index (χ4n) is 1.77. The average molecular weight is 221 g/mol. The maximum absolute atomic E-state index is 5.91. The van der Waals surface area contributed by atoms with E-state index in [2.05, 4.69) is 37.7 Å². The zero-order valence-electron chi connectivity index (χ0n) is 10.8. The van der Waals surface area contributed by atoms with Crippen LogP contribution in [0.4, 0.5) is 0 Å². The van der Waals surface area contributed by atoms with E-state index in [1.54, 1.807) is 0 Å². The van der Waals surface area contributed by atoms with Gasteiger partial charge >= 0.3 is 0 Å². The van der Waals surface area contributed by atoms with Crippen molar-refractivity contribution in [2.24, 2.45) is 11.7 Å². The molecule has 1 atom stereocenters.